The van der Waals surface area contributed by atoms with Crippen molar-refractivity contribution >= 4 is 5.91 Å². The van der Waals surface area contributed by atoms with Gasteiger partial charge in [0.05, 0.1) is 6.04 Å². The van der Waals surface area contributed by atoms with Crippen molar-refractivity contribution in [2.24, 2.45) is 17.6 Å². The van der Waals surface area contributed by atoms with Gasteiger partial charge in [0.15, 0.2) is 0 Å². The van der Waals surface area contributed by atoms with Gasteiger partial charge in [-0.25, -0.2) is 0 Å². The highest BCUT2D eigenvalue weighted by atomic mass is 16.2. The number of hydrogen-bond acceptors (Lipinski definition) is 3. The Morgan fingerprint density at radius 3 is 1.94 bits per heavy atom. The molecule has 0 bridgehead atoms. The second-order valence-corrected chi connectivity index (χ2v) is 6.09. The number of nitrogens with zero attached hydrogens (tertiary/aromatic N) is 2. The van der Waals surface area contributed by atoms with E-state index in [0.29, 0.717) is 0 Å². The monoisotopic (exact) mass is 253 g/mol. The van der Waals surface area contributed by atoms with Crippen molar-refractivity contribution < 1.29 is 4.79 Å². The average molecular weight is 253 g/mol. The molecule has 0 saturated carbocycles. The highest BCUT2D eigenvalue weighted by Crippen LogP contribution is 2.32. The molecule has 4 nitrogen and oxygen atoms in total. The van der Waals surface area contributed by atoms with Crippen LogP contribution in [0.5, 0.6) is 0 Å². The summed E-state index contributed by atoms with van der Waals surface area (Å²) >= 11 is 0. The first-order chi connectivity index (χ1) is 8.58. The molecule has 18 heavy (non-hydrogen) atoms. The van der Waals surface area contributed by atoms with Crippen LogP contribution in [0.25, 0.3) is 0 Å². The zero-order valence-electron chi connectivity index (χ0n) is 11.8. The molecule has 0 aromatic carbocycles. The SMILES string of the molecule is C[C@@H](N)C(=O)N1CCC(C2CCN(C)CC2)CC1. The van der Waals surface area contributed by atoms with E-state index in [1.807, 2.05) is 4.90 Å². The number of piperidine rings is 2. The molecule has 2 N–H and O–H groups in total. The van der Waals surface area contributed by atoms with Crippen LogP contribution >= 0.6 is 0 Å². The van der Waals surface area contributed by atoms with Crippen molar-refractivity contribution in [3.8, 4) is 0 Å². The van der Waals surface area contributed by atoms with Crippen LogP contribution in [0.15, 0.2) is 0 Å². The zero-order valence-corrected chi connectivity index (χ0v) is 11.8. The van der Waals surface area contributed by atoms with Crippen LogP contribution in [-0.2, 0) is 4.79 Å². The van der Waals surface area contributed by atoms with E-state index in [9.17, 15) is 4.79 Å². The van der Waals surface area contributed by atoms with E-state index in [2.05, 4.69) is 11.9 Å². The van der Waals surface area contributed by atoms with Gasteiger partial charge in [0.2, 0.25) is 5.91 Å². The predicted octanol–water partition coefficient (Wildman–Crippen LogP) is 0.914. The first-order valence-corrected chi connectivity index (χ1v) is 7.31. The molecule has 104 valence electrons. The van der Waals surface area contributed by atoms with Gasteiger partial charge in [-0.05, 0) is 64.6 Å². The van der Waals surface area contributed by atoms with Gasteiger partial charge >= 0.3 is 0 Å². The third-order valence-corrected chi connectivity index (χ3v) is 4.67. The molecule has 2 fully saturated rings. The molecular weight excluding hydrogens is 226 g/mol. The fraction of sp³-hybridized carbons (Fsp3) is 0.929. The van der Waals surface area contributed by atoms with E-state index in [1.54, 1.807) is 6.92 Å². The van der Waals surface area contributed by atoms with Gasteiger partial charge in [-0.3, -0.25) is 4.79 Å². The Balaban J connectivity index is 1.78. The van der Waals surface area contributed by atoms with E-state index in [-0.39, 0.29) is 11.9 Å². The predicted molar refractivity (Wildman–Crippen MR) is 73.2 cm³/mol. The zero-order chi connectivity index (χ0) is 13.1. The molecule has 0 aromatic rings. The first kappa shape index (κ1) is 13.8. The molecule has 0 aliphatic carbocycles. The van der Waals surface area contributed by atoms with E-state index in [1.165, 1.54) is 38.8 Å². The molecule has 2 rings (SSSR count). The average Bonchev–Trinajstić information content (AvgIpc) is 2.39. The van der Waals surface area contributed by atoms with Crippen LogP contribution < -0.4 is 5.73 Å². The molecule has 1 amide bonds. The van der Waals surface area contributed by atoms with Crippen LogP contribution in [0.2, 0.25) is 0 Å². The third kappa shape index (κ3) is 3.23. The second-order valence-electron chi connectivity index (χ2n) is 6.09. The largest absolute Gasteiger partial charge is 0.341 e. The van der Waals surface area contributed by atoms with Gasteiger partial charge in [0, 0.05) is 13.1 Å². The fourth-order valence-corrected chi connectivity index (χ4v) is 3.38. The van der Waals surface area contributed by atoms with Crippen LogP contribution in [-0.4, -0.2) is 55.0 Å². The summed E-state index contributed by atoms with van der Waals surface area (Å²) in [5.74, 6) is 1.83. The highest BCUT2D eigenvalue weighted by Gasteiger charge is 2.30. The lowest BCUT2D eigenvalue weighted by Crippen LogP contribution is -2.47. The highest BCUT2D eigenvalue weighted by molar-refractivity contribution is 5.81. The Hall–Kier alpha value is -0.610. The Morgan fingerprint density at radius 2 is 1.50 bits per heavy atom. The lowest BCUT2D eigenvalue weighted by Gasteiger charge is -2.39. The van der Waals surface area contributed by atoms with Crippen molar-refractivity contribution in [3.63, 3.8) is 0 Å². The summed E-state index contributed by atoms with van der Waals surface area (Å²) in [6.45, 7) is 6.09. The van der Waals surface area contributed by atoms with Crippen molar-refractivity contribution in [2.75, 3.05) is 33.2 Å². The van der Waals surface area contributed by atoms with E-state index >= 15 is 0 Å². The van der Waals surface area contributed by atoms with Crippen LogP contribution in [0.3, 0.4) is 0 Å². The quantitative estimate of drug-likeness (QED) is 0.796. The third-order valence-electron chi connectivity index (χ3n) is 4.67. The van der Waals surface area contributed by atoms with Gasteiger partial charge in [-0.1, -0.05) is 0 Å². The Bertz CT molecular complexity index is 277. The van der Waals surface area contributed by atoms with Gasteiger partial charge < -0.3 is 15.5 Å². The van der Waals surface area contributed by atoms with Crippen molar-refractivity contribution in [2.45, 2.75) is 38.6 Å². The smallest absolute Gasteiger partial charge is 0.239 e. The maximum Gasteiger partial charge on any atom is 0.239 e. The molecule has 0 radical (unpaired) electrons. The van der Waals surface area contributed by atoms with E-state index in [4.69, 9.17) is 5.73 Å². The number of nitrogens with two attached hydrogens (primary N) is 1. The summed E-state index contributed by atoms with van der Waals surface area (Å²) < 4.78 is 0. The minimum absolute atomic E-state index is 0.122. The molecule has 2 saturated heterocycles. The standard InChI is InChI=1S/C14H27N3O/c1-11(15)14(18)17-9-5-13(6-10-17)12-3-7-16(2)8-4-12/h11-13H,3-10,15H2,1-2H3/t11-/m1/s1. The second kappa shape index (κ2) is 6.02. The molecular formula is C14H27N3O. The number of carbonyl (C=O) groups is 1. The minimum Gasteiger partial charge on any atom is -0.341 e. The van der Waals surface area contributed by atoms with Crippen LogP contribution in [0.4, 0.5) is 0 Å². The van der Waals surface area contributed by atoms with Gasteiger partial charge in [0.25, 0.3) is 0 Å². The number of amides is 1. The molecule has 0 unspecified atom stereocenters. The van der Waals surface area contributed by atoms with Crippen molar-refractivity contribution in [3.05, 3.63) is 0 Å². The maximum atomic E-state index is 11.8. The van der Waals surface area contributed by atoms with Gasteiger partial charge in [-0.2, -0.15) is 0 Å². The Labute approximate surface area is 110 Å². The molecule has 1 atom stereocenters. The van der Waals surface area contributed by atoms with E-state index in [0.717, 1.165) is 24.9 Å². The first-order valence-electron chi connectivity index (χ1n) is 7.31. The molecule has 4 heteroatoms. The van der Waals surface area contributed by atoms with E-state index < -0.39 is 0 Å². The number of carbonyl (C=O) groups excluding carboxylic acids is 1. The van der Waals surface area contributed by atoms with Crippen molar-refractivity contribution in [1.82, 2.24) is 9.80 Å². The Morgan fingerprint density at radius 1 is 1.06 bits per heavy atom. The molecule has 2 aliphatic rings. The maximum absolute atomic E-state index is 11.8. The van der Waals surface area contributed by atoms with Gasteiger partial charge in [-0.15, -0.1) is 0 Å². The summed E-state index contributed by atoms with van der Waals surface area (Å²) in [5.41, 5.74) is 5.66. The topological polar surface area (TPSA) is 49.6 Å². The fourth-order valence-electron chi connectivity index (χ4n) is 3.38. The van der Waals surface area contributed by atoms with Gasteiger partial charge in [0.1, 0.15) is 0 Å². The molecule has 0 spiro atoms. The van der Waals surface area contributed by atoms with Crippen LogP contribution in [0, 0.1) is 11.8 Å². The normalized spacial score (nSPS) is 26.3. The lowest BCUT2D eigenvalue weighted by atomic mass is 9.79. The Kier molecular flexibility index (Phi) is 4.62. The molecule has 2 aliphatic heterocycles. The number of rotatable bonds is 2. The van der Waals surface area contributed by atoms with Crippen molar-refractivity contribution in [1.29, 1.82) is 0 Å². The summed E-state index contributed by atoms with van der Waals surface area (Å²) in [6.07, 6.45) is 5.02. The number of hydrogen-bond donors (Lipinski definition) is 1. The summed E-state index contributed by atoms with van der Waals surface area (Å²) in [4.78, 5) is 16.2. The number of likely N-dealkylation sites (tertiary alicyclic amines) is 2. The molecule has 0 aromatic heterocycles. The minimum atomic E-state index is -0.343. The summed E-state index contributed by atoms with van der Waals surface area (Å²) in [7, 11) is 2.21. The van der Waals surface area contributed by atoms with Crippen LogP contribution in [0.1, 0.15) is 32.6 Å². The summed E-state index contributed by atoms with van der Waals surface area (Å²) in [5, 5.41) is 0. The molecule has 2 heterocycles. The summed E-state index contributed by atoms with van der Waals surface area (Å²) in [6, 6.07) is -0.343. The lowest BCUT2D eigenvalue weighted by molar-refractivity contribution is -0.133.